The van der Waals surface area contributed by atoms with Crippen molar-refractivity contribution in [1.29, 1.82) is 0 Å². The lowest BCUT2D eigenvalue weighted by Gasteiger charge is -2.23. The molecule has 0 heterocycles. The average Bonchev–Trinajstić information content (AvgIpc) is 2.95. The van der Waals surface area contributed by atoms with Gasteiger partial charge in [0, 0.05) is 11.1 Å². The second kappa shape index (κ2) is 14.0. The minimum absolute atomic E-state index is 0.0275. The second-order valence-electron chi connectivity index (χ2n) is 10.5. The van der Waals surface area contributed by atoms with Crippen molar-refractivity contribution in [2.45, 2.75) is 39.8 Å². The van der Waals surface area contributed by atoms with E-state index in [4.69, 9.17) is 9.47 Å². The van der Waals surface area contributed by atoms with Crippen LogP contribution in [-0.4, -0.2) is 74.7 Å². The molecule has 0 saturated heterocycles. The van der Waals surface area contributed by atoms with Crippen LogP contribution in [0.3, 0.4) is 0 Å². The maximum atomic E-state index is 13.6. The first-order valence-electron chi connectivity index (χ1n) is 13.5. The van der Waals surface area contributed by atoms with Crippen molar-refractivity contribution in [2.75, 3.05) is 37.9 Å². The third kappa shape index (κ3) is 7.07. The molecule has 1 aliphatic rings. The zero-order valence-corrected chi connectivity index (χ0v) is 24.5. The van der Waals surface area contributed by atoms with Gasteiger partial charge in [0.1, 0.15) is 12.1 Å². The Balaban J connectivity index is 1.80. The van der Waals surface area contributed by atoms with Crippen LogP contribution in [0.25, 0.3) is 0 Å². The number of ether oxygens (including phenoxy) is 2. The fraction of sp³-hybridized carbons (Fsp3) is 0.400. The molecule has 1 aliphatic carbocycles. The number of carbonyl (C=O) groups excluding carboxylic acids is 6. The first-order valence-corrected chi connectivity index (χ1v) is 13.5. The van der Waals surface area contributed by atoms with E-state index in [1.54, 1.807) is 27.7 Å². The van der Waals surface area contributed by atoms with E-state index in [-0.39, 0.29) is 58.6 Å². The van der Waals surface area contributed by atoms with Crippen molar-refractivity contribution >= 4 is 46.7 Å². The number of methoxy groups -OCH3 is 2. The number of hydrogen-bond donors (Lipinski definition) is 4. The van der Waals surface area contributed by atoms with Gasteiger partial charge in [-0.1, -0.05) is 52.0 Å². The highest BCUT2D eigenvalue weighted by molar-refractivity contribution is 6.32. The smallest absolute Gasteiger partial charge is 0.323 e. The van der Waals surface area contributed by atoms with Crippen molar-refractivity contribution in [3.05, 3.63) is 58.7 Å². The zero-order chi connectivity index (χ0) is 31.1. The third-order valence-electron chi connectivity index (χ3n) is 6.83. The SMILES string of the molecule is COC(=O)[C@H](NCC(=O)Nc1cccc2c1C(=O)c1cccc(NC(=O)CN[C@@H](C(=O)OC)C(C)C)c1C2=O)C(C)C. The van der Waals surface area contributed by atoms with Gasteiger partial charge in [-0.3, -0.25) is 39.4 Å². The fourth-order valence-corrected chi connectivity index (χ4v) is 4.68. The maximum Gasteiger partial charge on any atom is 0.323 e. The summed E-state index contributed by atoms with van der Waals surface area (Å²) in [5.41, 5.74) is 0.475. The van der Waals surface area contributed by atoms with Gasteiger partial charge in [0.15, 0.2) is 11.6 Å². The van der Waals surface area contributed by atoms with Crippen LogP contribution in [0.15, 0.2) is 36.4 Å². The standard InChI is InChI=1S/C30H36N4O8/c1-15(2)25(29(39)41-5)31-13-21(35)33-19-11-7-9-17-23(19)27(37)18-10-8-12-20(24(18)28(17)38)34-22(36)14-32-26(16(3)4)30(40)42-6/h7-12,15-16,25-26,31-32H,13-14H2,1-6H3,(H,33,35)(H,34,36)/t25-,26-/m1/s1. The van der Waals surface area contributed by atoms with E-state index in [2.05, 4.69) is 21.3 Å². The number of hydrogen-bond acceptors (Lipinski definition) is 10. The molecule has 42 heavy (non-hydrogen) atoms. The van der Waals surface area contributed by atoms with Crippen molar-refractivity contribution in [3.8, 4) is 0 Å². The minimum Gasteiger partial charge on any atom is -0.468 e. The molecule has 0 fully saturated rings. The molecule has 2 aromatic carbocycles. The first-order chi connectivity index (χ1) is 19.9. The highest BCUT2D eigenvalue weighted by Gasteiger charge is 2.34. The largest absolute Gasteiger partial charge is 0.468 e. The maximum absolute atomic E-state index is 13.6. The van der Waals surface area contributed by atoms with Crippen LogP contribution < -0.4 is 21.3 Å². The summed E-state index contributed by atoms with van der Waals surface area (Å²) in [6.45, 7) is 6.75. The number of anilines is 2. The van der Waals surface area contributed by atoms with Crippen molar-refractivity contribution in [2.24, 2.45) is 11.8 Å². The Morgan fingerprint density at radius 3 is 1.31 bits per heavy atom. The normalized spacial score (nSPS) is 13.6. The van der Waals surface area contributed by atoms with Gasteiger partial charge in [0.25, 0.3) is 0 Å². The van der Waals surface area contributed by atoms with Crippen LogP contribution in [0.1, 0.15) is 59.5 Å². The quantitative estimate of drug-likeness (QED) is 0.232. The second-order valence-corrected chi connectivity index (χ2v) is 10.5. The van der Waals surface area contributed by atoms with Crippen LogP contribution in [-0.2, 0) is 28.7 Å². The highest BCUT2D eigenvalue weighted by Crippen LogP contribution is 2.35. The fourth-order valence-electron chi connectivity index (χ4n) is 4.68. The molecule has 0 unspecified atom stereocenters. The van der Waals surface area contributed by atoms with Crippen LogP contribution >= 0.6 is 0 Å². The van der Waals surface area contributed by atoms with Crippen LogP contribution in [0.4, 0.5) is 11.4 Å². The lowest BCUT2D eigenvalue weighted by Crippen LogP contribution is -2.45. The van der Waals surface area contributed by atoms with Gasteiger partial charge >= 0.3 is 11.9 Å². The van der Waals surface area contributed by atoms with E-state index in [1.165, 1.54) is 50.6 Å². The molecule has 2 aromatic rings. The Hall–Kier alpha value is -4.42. The summed E-state index contributed by atoms with van der Waals surface area (Å²) in [4.78, 5) is 76.7. The molecule has 12 heteroatoms. The number of esters is 2. The Bertz CT molecular complexity index is 1300. The van der Waals surface area contributed by atoms with Crippen molar-refractivity contribution in [1.82, 2.24) is 10.6 Å². The number of rotatable bonds is 12. The summed E-state index contributed by atoms with van der Waals surface area (Å²) in [6, 6.07) is 7.63. The predicted octanol–water partition coefficient (Wildman–Crippen LogP) is 1.91. The molecule has 0 aliphatic heterocycles. The zero-order valence-electron chi connectivity index (χ0n) is 24.5. The molecule has 224 valence electrons. The molecule has 0 radical (unpaired) electrons. The number of ketones is 2. The molecular weight excluding hydrogens is 544 g/mol. The van der Waals surface area contributed by atoms with E-state index < -0.39 is 47.4 Å². The topological polar surface area (TPSA) is 169 Å². The summed E-state index contributed by atoms with van der Waals surface area (Å²) < 4.78 is 9.55. The summed E-state index contributed by atoms with van der Waals surface area (Å²) in [7, 11) is 2.52. The van der Waals surface area contributed by atoms with Gasteiger partial charge in [0.2, 0.25) is 11.8 Å². The lowest BCUT2D eigenvalue weighted by atomic mass is 9.82. The Labute approximate surface area is 243 Å². The number of carbonyl (C=O) groups is 6. The third-order valence-corrected chi connectivity index (χ3v) is 6.83. The Morgan fingerprint density at radius 2 is 1.00 bits per heavy atom. The predicted molar refractivity (Wildman–Crippen MR) is 154 cm³/mol. The molecule has 0 saturated carbocycles. The van der Waals surface area contributed by atoms with Crippen molar-refractivity contribution < 1.29 is 38.2 Å². The monoisotopic (exact) mass is 580 g/mol. The highest BCUT2D eigenvalue weighted by atomic mass is 16.5. The van der Waals surface area contributed by atoms with Crippen LogP contribution in [0.2, 0.25) is 0 Å². The van der Waals surface area contributed by atoms with Crippen molar-refractivity contribution in [3.63, 3.8) is 0 Å². The van der Waals surface area contributed by atoms with Crippen LogP contribution in [0.5, 0.6) is 0 Å². The van der Waals surface area contributed by atoms with Gasteiger partial charge in [0.05, 0.1) is 49.8 Å². The number of amides is 2. The lowest BCUT2D eigenvalue weighted by molar-refractivity contribution is -0.145. The van der Waals surface area contributed by atoms with Gasteiger partial charge in [-0.15, -0.1) is 0 Å². The number of nitrogens with one attached hydrogen (secondary N) is 4. The van der Waals surface area contributed by atoms with Crippen LogP contribution in [0, 0.1) is 11.8 Å². The Morgan fingerprint density at radius 1 is 0.643 bits per heavy atom. The van der Waals surface area contributed by atoms with E-state index in [9.17, 15) is 28.8 Å². The number of fused-ring (bicyclic) bond motifs is 2. The molecule has 0 bridgehead atoms. The summed E-state index contributed by atoms with van der Waals surface area (Å²) in [5, 5.41) is 11.0. The summed E-state index contributed by atoms with van der Waals surface area (Å²) in [5.74, 6) is -3.34. The van der Waals surface area contributed by atoms with E-state index >= 15 is 0 Å². The minimum atomic E-state index is -0.707. The molecule has 2 amide bonds. The van der Waals surface area contributed by atoms with E-state index in [0.29, 0.717) is 0 Å². The summed E-state index contributed by atoms with van der Waals surface area (Å²) >= 11 is 0. The van der Waals surface area contributed by atoms with Gasteiger partial charge in [-0.05, 0) is 24.0 Å². The Kier molecular flexibility index (Phi) is 10.7. The molecule has 12 nitrogen and oxygen atoms in total. The molecule has 0 spiro atoms. The number of benzene rings is 2. The van der Waals surface area contributed by atoms with Gasteiger partial charge < -0.3 is 20.1 Å². The van der Waals surface area contributed by atoms with E-state index in [0.717, 1.165) is 0 Å². The molecule has 3 rings (SSSR count). The summed E-state index contributed by atoms with van der Waals surface area (Å²) in [6.07, 6.45) is 0. The molecular formula is C30H36N4O8. The van der Waals surface area contributed by atoms with Gasteiger partial charge in [-0.25, -0.2) is 0 Å². The van der Waals surface area contributed by atoms with Gasteiger partial charge in [-0.2, -0.15) is 0 Å². The molecule has 4 N–H and O–H groups in total. The first kappa shape index (κ1) is 32.1. The molecule has 0 aromatic heterocycles. The van der Waals surface area contributed by atoms with E-state index in [1.807, 2.05) is 0 Å². The average molecular weight is 581 g/mol. The molecule has 2 atom stereocenters.